The highest BCUT2D eigenvalue weighted by molar-refractivity contribution is 5.76. The molecule has 8 heteroatoms. The lowest BCUT2D eigenvalue weighted by Crippen LogP contribution is -2.27. The van der Waals surface area contributed by atoms with E-state index in [1.54, 1.807) is 18.2 Å². The molecule has 0 aliphatic carbocycles. The van der Waals surface area contributed by atoms with Gasteiger partial charge in [0.2, 0.25) is 5.91 Å². The van der Waals surface area contributed by atoms with Crippen molar-refractivity contribution in [3.8, 4) is 11.3 Å². The summed E-state index contributed by atoms with van der Waals surface area (Å²) in [5.41, 5.74) is -0.478. The number of nitrogens with zero attached hydrogens (tertiary/aromatic N) is 2. The minimum Gasteiger partial charge on any atom is -0.441 e. The van der Waals surface area contributed by atoms with Crippen molar-refractivity contribution in [3.05, 3.63) is 77.6 Å². The maximum absolute atomic E-state index is 13.8. The minimum absolute atomic E-state index is 0.00189. The average Bonchev–Trinajstić information content (AvgIpc) is 3.14. The third-order valence-electron chi connectivity index (χ3n) is 4.40. The molecule has 1 heterocycles. The summed E-state index contributed by atoms with van der Waals surface area (Å²) in [4.78, 5) is 17.6. The standard InChI is InChI=1S/C21H18F4N2O2/c1-27(13-14-6-2-4-8-16(14)21(23,24)25)20(28)11-10-19-26-12-18(29-19)15-7-3-5-9-17(15)22/h2-9,12H,10-11,13H2,1H3. The molecule has 0 saturated carbocycles. The summed E-state index contributed by atoms with van der Waals surface area (Å²) < 4.78 is 58.6. The van der Waals surface area contributed by atoms with Crippen LogP contribution in [0.3, 0.4) is 0 Å². The van der Waals surface area contributed by atoms with Crippen molar-refractivity contribution >= 4 is 5.91 Å². The second-order valence-electron chi connectivity index (χ2n) is 6.50. The first-order valence-corrected chi connectivity index (χ1v) is 8.84. The first-order chi connectivity index (χ1) is 13.8. The Kier molecular flexibility index (Phi) is 6.00. The topological polar surface area (TPSA) is 46.3 Å². The molecule has 0 bridgehead atoms. The maximum Gasteiger partial charge on any atom is 0.416 e. The van der Waals surface area contributed by atoms with Gasteiger partial charge in [-0.3, -0.25) is 4.79 Å². The molecule has 0 saturated heterocycles. The predicted molar refractivity (Wildman–Crippen MR) is 98.1 cm³/mol. The van der Waals surface area contributed by atoms with Crippen molar-refractivity contribution in [2.24, 2.45) is 0 Å². The number of carbonyl (C=O) groups excluding carboxylic acids is 1. The number of aromatic nitrogens is 1. The number of amides is 1. The van der Waals surface area contributed by atoms with Gasteiger partial charge in [-0.15, -0.1) is 0 Å². The van der Waals surface area contributed by atoms with Gasteiger partial charge >= 0.3 is 6.18 Å². The molecule has 0 aliphatic rings. The second-order valence-corrected chi connectivity index (χ2v) is 6.50. The summed E-state index contributed by atoms with van der Waals surface area (Å²) in [7, 11) is 1.44. The number of hydrogen-bond acceptors (Lipinski definition) is 3. The number of rotatable bonds is 6. The zero-order chi connectivity index (χ0) is 21.0. The van der Waals surface area contributed by atoms with Gasteiger partial charge in [0, 0.05) is 26.4 Å². The third-order valence-corrected chi connectivity index (χ3v) is 4.40. The van der Waals surface area contributed by atoms with Gasteiger partial charge < -0.3 is 9.32 Å². The lowest BCUT2D eigenvalue weighted by atomic mass is 10.1. The van der Waals surface area contributed by atoms with Crippen LogP contribution < -0.4 is 0 Å². The molecule has 0 unspecified atom stereocenters. The van der Waals surface area contributed by atoms with Crippen LogP contribution in [0.5, 0.6) is 0 Å². The number of benzene rings is 2. The Morgan fingerprint density at radius 3 is 2.52 bits per heavy atom. The summed E-state index contributed by atoms with van der Waals surface area (Å²) in [6.45, 7) is -0.166. The van der Waals surface area contributed by atoms with E-state index in [1.807, 2.05) is 0 Å². The Balaban J connectivity index is 1.61. The van der Waals surface area contributed by atoms with Crippen LogP contribution in [0.2, 0.25) is 0 Å². The number of alkyl halides is 3. The molecule has 0 aliphatic heterocycles. The van der Waals surface area contributed by atoms with Gasteiger partial charge in [-0.1, -0.05) is 30.3 Å². The van der Waals surface area contributed by atoms with E-state index in [1.165, 1.54) is 42.4 Å². The quantitative estimate of drug-likeness (QED) is 0.536. The Morgan fingerprint density at radius 2 is 1.79 bits per heavy atom. The van der Waals surface area contributed by atoms with Crippen LogP contribution in [0.25, 0.3) is 11.3 Å². The minimum atomic E-state index is -4.48. The molecule has 0 atom stereocenters. The fourth-order valence-corrected chi connectivity index (χ4v) is 2.89. The van der Waals surface area contributed by atoms with Crippen molar-refractivity contribution < 1.29 is 26.8 Å². The summed E-state index contributed by atoms with van der Waals surface area (Å²) in [6.07, 6.45) is -2.95. The molecule has 0 fully saturated rings. The average molecular weight is 406 g/mol. The van der Waals surface area contributed by atoms with E-state index in [0.717, 1.165) is 6.07 Å². The van der Waals surface area contributed by atoms with Crippen molar-refractivity contribution in [2.75, 3.05) is 7.05 Å². The Bertz CT molecular complexity index is 998. The van der Waals surface area contributed by atoms with Crippen LogP contribution in [-0.2, 0) is 23.9 Å². The largest absolute Gasteiger partial charge is 0.441 e. The van der Waals surface area contributed by atoms with Gasteiger partial charge in [0.15, 0.2) is 11.7 Å². The highest BCUT2D eigenvalue weighted by atomic mass is 19.4. The monoisotopic (exact) mass is 406 g/mol. The number of halogens is 4. The SMILES string of the molecule is CN(Cc1ccccc1C(F)(F)F)C(=O)CCc1ncc(-c2ccccc2F)o1. The number of hydrogen-bond donors (Lipinski definition) is 0. The van der Waals surface area contributed by atoms with Crippen molar-refractivity contribution in [3.63, 3.8) is 0 Å². The van der Waals surface area contributed by atoms with E-state index in [-0.39, 0.29) is 48.1 Å². The van der Waals surface area contributed by atoms with E-state index in [9.17, 15) is 22.4 Å². The van der Waals surface area contributed by atoms with E-state index in [4.69, 9.17) is 4.42 Å². The van der Waals surface area contributed by atoms with Gasteiger partial charge in [-0.05, 0) is 23.8 Å². The molecule has 29 heavy (non-hydrogen) atoms. The van der Waals surface area contributed by atoms with Crippen LogP contribution in [0.15, 0.2) is 59.1 Å². The van der Waals surface area contributed by atoms with E-state index < -0.39 is 17.6 Å². The Morgan fingerprint density at radius 1 is 1.10 bits per heavy atom. The van der Waals surface area contributed by atoms with Crippen LogP contribution in [0, 0.1) is 5.82 Å². The molecule has 2 aromatic carbocycles. The molecule has 0 spiro atoms. The molecular formula is C21H18F4N2O2. The first-order valence-electron chi connectivity index (χ1n) is 8.84. The molecular weight excluding hydrogens is 388 g/mol. The molecule has 1 aromatic heterocycles. The van der Waals surface area contributed by atoms with E-state index in [2.05, 4.69) is 4.98 Å². The molecule has 3 aromatic rings. The van der Waals surface area contributed by atoms with E-state index >= 15 is 0 Å². The lowest BCUT2D eigenvalue weighted by molar-refractivity contribution is -0.139. The summed E-state index contributed by atoms with van der Waals surface area (Å²) in [5, 5.41) is 0. The Labute approximate surface area is 164 Å². The number of aryl methyl sites for hydroxylation is 1. The summed E-state index contributed by atoms with van der Waals surface area (Å²) >= 11 is 0. The lowest BCUT2D eigenvalue weighted by Gasteiger charge is -2.20. The van der Waals surface area contributed by atoms with Crippen LogP contribution >= 0.6 is 0 Å². The second kappa shape index (κ2) is 8.46. The van der Waals surface area contributed by atoms with Gasteiger partial charge in [-0.25, -0.2) is 9.37 Å². The Hall–Kier alpha value is -3.16. The number of oxazole rings is 1. The first kappa shape index (κ1) is 20.6. The van der Waals surface area contributed by atoms with Crippen LogP contribution in [0.1, 0.15) is 23.4 Å². The summed E-state index contributed by atoms with van der Waals surface area (Å²) in [5.74, 6) is -0.305. The van der Waals surface area contributed by atoms with Gasteiger partial charge in [0.25, 0.3) is 0 Å². The van der Waals surface area contributed by atoms with Gasteiger partial charge in [-0.2, -0.15) is 13.2 Å². The molecule has 0 radical (unpaired) electrons. The van der Waals surface area contributed by atoms with E-state index in [0.29, 0.717) is 0 Å². The van der Waals surface area contributed by atoms with Crippen molar-refractivity contribution in [2.45, 2.75) is 25.6 Å². The molecule has 152 valence electrons. The van der Waals surface area contributed by atoms with Gasteiger partial charge in [0.05, 0.1) is 17.3 Å². The highest BCUT2D eigenvalue weighted by Crippen LogP contribution is 2.32. The fourth-order valence-electron chi connectivity index (χ4n) is 2.89. The number of carbonyl (C=O) groups is 1. The molecule has 0 N–H and O–H groups in total. The normalized spacial score (nSPS) is 11.5. The van der Waals surface area contributed by atoms with Crippen LogP contribution in [0.4, 0.5) is 17.6 Å². The fraction of sp³-hybridized carbons (Fsp3) is 0.238. The molecule has 3 rings (SSSR count). The molecule has 1 amide bonds. The zero-order valence-corrected chi connectivity index (χ0v) is 15.5. The zero-order valence-electron chi connectivity index (χ0n) is 15.5. The van der Waals surface area contributed by atoms with Crippen LogP contribution in [-0.4, -0.2) is 22.8 Å². The maximum atomic E-state index is 13.8. The summed E-state index contributed by atoms with van der Waals surface area (Å²) in [6, 6.07) is 11.2. The van der Waals surface area contributed by atoms with Crippen molar-refractivity contribution in [1.82, 2.24) is 9.88 Å². The van der Waals surface area contributed by atoms with Gasteiger partial charge in [0.1, 0.15) is 5.82 Å². The van der Waals surface area contributed by atoms with Crippen molar-refractivity contribution in [1.29, 1.82) is 0 Å². The third kappa shape index (κ3) is 5.01. The predicted octanol–water partition coefficient (Wildman–Crippen LogP) is 5.09. The smallest absolute Gasteiger partial charge is 0.416 e. The molecule has 4 nitrogen and oxygen atoms in total. The highest BCUT2D eigenvalue weighted by Gasteiger charge is 2.33.